The van der Waals surface area contributed by atoms with Crippen molar-refractivity contribution < 1.29 is 8.78 Å². The first-order valence-corrected chi connectivity index (χ1v) is 4.36. The monoisotopic (exact) mass is 205 g/mol. The lowest BCUT2D eigenvalue weighted by Crippen LogP contribution is -2.03. The summed E-state index contributed by atoms with van der Waals surface area (Å²) in [5.41, 5.74) is 0.320. The van der Waals surface area contributed by atoms with Crippen LogP contribution in [-0.4, -0.2) is 13.2 Å². The molecule has 1 rings (SSSR count). The highest BCUT2D eigenvalue weighted by atomic mass is 35.5. The van der Waals surface area contributed by atoms with Crippen molar-refractivity contribution in [2.75, 3.05) is 18.5 Å². The second-order valence-electron chi connectivity index (χ2n) is 2.59. The zero-order chi connectivity index (χ0) is 9.68. The van der Waals surface area contributed by atoms with Crippen LogP contribution < -0.4 is 5.32 Å². The summed E-state index contributed by atoms with van der Waals surface area (Å²) in [4.78, 5) is 0. The van der Waals surface area contributed by atoms with Crippen molar-refractivity contribution in [3.05, 3.63) is 29.0 Å². The SMILES string of the molecule is FCCCNc1cc(Cl)ccc1F. The van der Waals surface area contributed by atoms with Crippen molar-refractivity contribution in [1.82, 2.24) is 0 Å². The fourth-order valence-electron chi connectivity index (χ4n) is 0.923. The molecule has 1 aromatic rings. The lowest BCUT2D eigenvalue weighted by Gasteiger charge is -2.05. The van der Waals surface area contributed by atoms with E-state index in [4.69, 9.17) is 11.6 Å². The summed E-state index contributed by atoms with van der Waals surface area (Å²) in [6, 6.07) is 4.23. The number of nitrogens with one attached hydrogen (secondary N) is 1. The van der Waals surface area contributed by atoms with Gasteiger partial charge in [0.1, 0.15) is 5.82 Å². The summed E-state index contributed by atoms with van der Waals surface area (Å²) in [7, 11) is 0. The highest BCUT2D eigenvalue weighted by Crippen LogP contribution is 2.19. The van der Waals surface area contributed by atoms with Gasteiger partial charge in [0.15, 0.2) is 0 Å². The van der Waals surface area contributed by atoms with Crippen LogP contribution in [0.15, 0.2) is 18.2 Å². The molecular weight excluding hydrogens is 196 g/mol. The topological polar surface area (TPSA) is 12.0 Å². The molecule has 0 aliphatic heterocycles. The number of halogens is 3. The van der Waals surface area contributed by atoms with Crippen LogP contribution >= 0.6 is 11.6 Å². The summed E-state index contributed by atoms with van der Waals surface area (Å²) < 4.78 is 24.7. The first-order chi connectivity index (χ1) is 6.24. The molecule has 0 aliphatic rings. The molecule has 4 heteroatoms. The van der Waals surface area contributed by atoms with Gasteiger partial charge < -0.3 is 5.32 Å². The van der Waals surface area contributed by atoms with E-state index in [9.17, 15) is 8.78 Å². The summed E-state index contributed by atoms with van der Waals surface area (Å²) >= 11 is 5.65. The van der Waals surface area contributed by atoms with E-state index in [1.807, 2.05) is 0 Å². The van der Waals surface area contributed by atoms with Gasteiger partial charge in [-0.1, -0.05) is 11.6 Å². The molecule has 0 aliphatic carbocycles. The molecule has 0 radical (unpaired) electrons. The minimum atomic E-state index is -0.408. The number of benzene rings is 1. The van der Waals surface area contributed by atoms with E-state index in [-0.39, 0.29) is 5.82 Å². The van der Waals surface area contributed by atoms with Crippen molar-refractivity contribution in [3.63, 3.8) is 0 Å². The molecule has 1 N–H and O–H groups in total. The zero-order valence-corrected chi connectivity index (χ0v) is 7.74. The number of hydrogen-bond donors (Lipinski definition) is 1. The van der Waals surface area contributed by atoms with Gasteiger partial charge in [0.2, 0.25) is 0 Å². The second kappa shape index (κ2) is 5.02. The Labute approximate surface area is 80.7 Å². The number of rotatable bonds is 4. The Morgan fingerprint density at radius 2 is 2.15 bits per heavy atom. The molecule has 0 bridgehead atoms. The lowest BCUT2D eigenvalue weighted by molar-refractivity contribution is 0.480. The van der Waals surface area contributed by atoms with E-state index >= 15 is 0 Å². The molecule has 0 fully saturated rings. The fourth-order valence-corrected chi connectivity index (χ4v) is 1.09. The predicted octanol–water partition coefficient (Wildman–Crippen LogP) is 3.25. The van der Waals surface area contributed by atoms with E-state index in [2.05, 4.69) is 5.32 Å². The third-order valence-corrected chi connectivity index (χ3v) is 1.79. The fraction of sp³-hybridized carbons (Fsp3) is 0.333. The van der Waals surface area contributed by atoms with E-state index in [0.29, 0.717) is 23.7 Å². The summed E-state index contributed by atoms with van der Waals surface area (Å²) in [6.45, 7) is 0.00292. The van der Waals surface area contributed by atoms with Crippen LogP contribution in [0.25, 0.3) is 0 Å². The van der Waals surface area contributed by atoms with E-state index in [1.54, 1.807) is 0 Å². The molecular formula is C9H10ClF2N. The molecule has 0 saturated carbocycles. The van der Waals surface area contributed by atoms with Crippen molar-refractivity contribution in [2.45, 2.75) is 6.42 Å². The van der Waals surface area contributed by atoms with Crippen molar-refractivity contribution in [3.8, 4) is 0 Å². The lowest BCUT2D eigenvalue weighted by atomic mass is 10.3. The van der Waals surface area contributed by atoms with Crippen molar-refractivity contribution in [1.29, 1.82) is 0 Å². The minimum absolute atomic E-state index is 0.320. The first kappa shape index (κ1) is 10.3. The average Bonchev–Trinajstić information content (AvgIpc) is 2.11. The largest absolute Gasteiger partial charge is 0.383 e. The highest BCUT2D eigenvalue weighted by molar-refractivity contribution is 6.30. The molecule has 0 heterocycles. The van der Waals surface area contributed by atoms with Gasteiger partial charge in [-0.05, 0) is 24.6 Å². The predicted molar refractivity (Wildman–Crippen MR) is 50.5 cm³/mol. The molecule has 0 amide bonds. The standard InChI is InChI=1S/C9H10ClF2N/c10-7-2-3-8(12)9(6-7)13-5-1-4-11/h2-3,6,13H,1,4-5H2. The average molecular weight is 206 g/mol. The molecule has 0 spiro atoms. The second-order valence-corrected chi connectivity index (χ2v) is 3.03. The molecule has 13 heavy (non-hydrogen) atoms. The Morgan fingerprint density at radius 1 is 1.38 bits per heavy atom. The van der Waals surface area contributed by atoms with Gasteiger partial charge >= 0.3 is 0 Å². The molecule has 0 atom stereocenters. The van der Waals surface area contributed by atoms with Gasteiger partial charge in [0.25, 0.3) is 0 Å². The summed E-state index contributed by atoms with van der Waals surface area (Å²) in [5.74, 6) is -0.372. The van der Waals surface area contributed by atoms with E-state index in [0.717, 1.165) is 0 Å². The van der Waals surface area contributed by atoms with Crippen LogP contribution in [0.1, 0.15) is 6.42 Å². The van der Waals surface area contributed by atoms with Crippen LogP contribution in [-0.2, 0) is 0 Å². The third-order valence-electron chi connectivity index (χ3n) is 1.55. The number of alkyl halides is 1. The smallest absolute Gasteiger partial charge is 0.146 e. The van der Waals surface area contributed by atoms with Gasteiger partial charge in [-0.2, -0.15) is 0 Å². The van der Waals surface area contributed by atoms with Gasteiger partial charge in [0.05, 0.1) is 12.4 Å². The Kier molecular flexibility index (Phi) is 3.96. The first-order valence-electron chi connectivity index (χ1n) is 3.99. The maximum Gasteiger partial charge on any atom is 0.146 e. The molecule has 0 saturated heterocycles. The number of anilines is 1. The quantitative estimate of drug-likeness (QED) is 0.744. The van der Waals surface area contributed by atoms with Crippen LogP contribution in [0.3, 0.4) is 0 Å². The van der Waals surface area contributed by atoms with Crippen LogP contribution in [0.4, 0.5) is 14.5 Å². The van der Waals surface area contributed by atoms with E-state index in [1.165, 1.54) is 18.2 Å². The Balaban J connectivity index is 2.59. The van der Waals surface area contributed by atoms with Crippen molar-refractivity contribution >= 4 is 17.3 Å². The maximum atomic E-state index is 13.0. The minimum Gasteiger partial charge on any atom is -0.383 e. The van der Waals surface area contributed by atoms with E-state index < -0.39 is 6.67 Å². The summed E-state index contributed by atoms with van der Waals surface area (Å²) in [6.07, 6.45) is 0.367. The van der Waals surface area contributed by atoms with Gasteiger partial charge in [-0.3, -0.25) is 4.39 Å². The summed E-state index contributed by atoms with van der Waals surface area (Å²) in [5, 5.41) is 3.22. The Morgan fingerprint density at radius 3 is 2.85 bits per heavy atom. The number of hydrogen-bond acceptors (Lipinski definition) is 1. The molecule has 0 aromatic heterocycles. The Hall–Kier alpha value is -0.830. The van der Waals surface area contributed by atoms with Gasteiger partial charge in [-0.25, -0.2) is 4.39 Å². The third kappa shape index (κ3) is 3.19. The molecule has 72 valence electrons. The van der Waals surface area contributed by atoms with Crippen LogP contribution in [0.5, 0.6) is 0 Å². The van der Waals surface area contributed by atoms with Crippen LogP contribution in [0.2, 0.25) is 5.02 Å². The molecule has 0 unspecified atom stereocenters. The zero-order valence-electron chi connectivity index (χ0n) is 6.99. The van der Waals surface area contributed by atoms with Crippen LogP contribution in [0, 0.1) is 5.82 Å². The Bertz CT molecular complexity index is 278. The van der Waals surface area contributed by atoms with Gasteiger partial charge in [-0.15, -0.1) is 0 Å². The van der Waals surface area contributed by atoms with Gasteiger partial charge in [0, 0.05) is 11.6 Å². The highest BCUT2D eigenvalue weighted by Gasteiger charge is 2.00. The molecule has 1 nitrogen and oxygen atoms in total. The maximum absolute atomic E-state index is 13.0. The molecule has 1 aromatic carbocycles. The van der Waals surface area contributed by atoms with Crippen molar-refractivity contribution in [2.24, 2.45) is 0 Å². The normalized spacial score (nSPS) is 10.1.